The quantitative estimate of drug-likeness (QED) is 0.881. The number of carbonyl (C=O) groups excluding carboxylic acids is 1. The van der Waals surface area contributed by atoms with Crippen molar-refractivity contribution in [3.63, 3.8) is 0 Å². The highest BCUT2D eigenvalue weighted by molar-refractivity contribution is 7.06. The van der Waals surface area contributed by atoms with Crippen LogP contribution in [0.2, 0.25) is 5.02 Å². The Morgan fingerprint density at radius 3 is 3.00 bits per heavy atom. The van der Waals surface area contributed by atoms with Crippen LogP contribution in [0.4, 0.5) is 5.69 Å². The zero-order chi connectivity index (χ0) is 12.3. The van der Waals surface area contributed by atoms with Crippen molar-refractivity contribution in [1.29, 1.82) is 5.41 Å². The van der Waals surface area contributed by atoms with Gasteiger partial charge in [-0.2, -0.15) is 0 Å². The van der Waals surface area contributed by atoms with Crippen molar-refractivity contribution in [3.8, 4) is 0 Å². The molecule has 0 bridgehead atoms. The molecule has 1 heterocycles. The van der Waals surface area contributed by atoms with Crippen molar-refractivity contribution in [2.24, 2.45) is 0 Å². The molecule has 0 aliphatic rings. The third-order valence-corrected chi connectivity index (χ3v) is 3.05. The molecule has 2 rings (SSSR count). The Balaban J connectivity index is 2.03. The second-order valence-electron chi connectivity index (χ2n) is 3.39. The fourth-order valence-electron chi connectivity index (χ4n) is 1.35. The maximum atomic E-state index is 11.7. The topological polar surface area (TPSA) is 57.9 Å². The molecule has 0 unspecified atom stereocenters. The fourth-order valence-corrected chi connectivity index (χ4v) is 2.14. The number of anilines is 1. The lowest BCUT2D eigenvalue weighted by Gasteiger charge is -2.05. The monoisotopic (exact) mass is 267 g/mol. The fraction of sp³-hybridized carbons (Fsp3) is 0.0909. The second kappa shape index (κ2) is 5.16. The van der Waals surface area contributed by atoms with Gasteiger partial charge in [0.05, 0.1) is 0 Å². The Morgan fingerprint density at radius 1 is 1.53 bits per heavy atom. The zero-order valence-corrected chi connectivity index (χ0v) is 10.4. The van der Waals surface area contributed by atoms with Gasteiger partial charge in [-0.15, -0.1) is 11.3 Å². The lowest BCUT2D eigenvalue weighted by Crippen LogP contribution is -2.23. The highest BCUT2D eigenvalue weighted by Gasteiger charge is 2.04. The zero-order valence-electron chi connectivity index (χ0n) is 8.81. The lowest BCUT2D eigenvalue weighted by atomic mass is 10.3. The summed E-state index contributed by atoms with van der Waals surface area (Å²) in [7, 11) is 0. The van der Waals surface area contributed by atoms with E-state index in [1.807, 2.05) is 0 Å². The van der Waals surface area contributed by atoms with E-state index in [-0.39, 0.29) is 12.5 Å². The summed E-state index contributed by atoms with van der Waals surface area (Å²) in [5, 5.41) is 12.6. The molecule has 1 amide bonds. The molecule has 17 heavy (non-hydrogen) atoms. The largest absolute Gasteiger partial charge is 0.324 e. The first-order valence-corrected chi connectivity index (χ1v) is 6.15. The number of aromatic nitrogens is 1. The summed E-state index contributed by atoms with van der Waals surface area (Å²) >= 11 is 7.10. The van der Waals surface area contributed by atoms with Gasteiger partial charge in [0.25, 0.3) is 0 Å². The van der Waals surface area contributed by atoms with E-state index in [1.165, 1.54) is 11.3 Å². The molecule has 2 aromatic rings. The Labute approximate surface area is 107 Å². The Morgan fingerprint density at radius 2 is 2.35 bits per heavy atom. The number of rotatable bonds is 3. The number of halogens is 1. The van der Waals surface area contributed by atoms with E-state index >= 15 is 0 Å². The molecule has 1 aromatic heterocycles. The van der Waals surface area contributed by atoms with E-state index in [0.29, 0.717) is 15.5 Å². The number of amides is 1. The van der Waals surface area contributed by atoms with Crippen LogP contribution in [0.5, 0.6) is 0 Å². The van der Waals surface area contributed by atoms with Gasteiger partial charge >= 0.3 is 0 Å². The van der Waals surface area contributed by atoms with Gasteiger partial charge in [0.1, 0.15) is 6.54 Å². The molecule has 2 N–H and O–H groups in total. The smallest absolute Gasteiger partial charge is 0.244 e. The van der Waals surface area contributed by atoms with Gasteiger partial charge < -0.3 is 9.88 Å². The van der Waals surface area contributed by atoms with Gasteiger partial charge in [0.15, 0.2) is 4.80 Å². The molecule has 0 saturated carbocycles. The van der Waals surface area contributed by atoms with Gasteiger partial charge in [-0.1, -0.05) is 17.7 Å². The van der Waals surface area contributed by atoms with Crippen LogP contribution in [0.1, 0.15) is 0 Å². The normalized spacial score (nSPS) is 10.2. The van der Waals surface area contributed by atoms with Gasteiger partial charge in [0, 0.05) is 22.3 Å². The summed E-state index contributed by atoms with van der Waals surface area (Å²) in [4.78, 5) is 12.0. The van der Waals surface area contributed by atoms with Crippen LogP contribution in [0.15, 0.2) is 35.8 Å². The summed E-state index contributed by atoms with van der Waals surface area (Å²) in [5.41, 5.74) is 0.657. The van der Waals surface area contributed by atoms with E-state index in [2.05, 4.69) is 5.32 Å². The van der Waals surface area contributed by atoms with Crippen LogP contribution >= 0.6 is 22.9 Å². The molecule has 0 atom stereocenters. The van der Waals surface area contributed by atoms with E-state index < -0.39 is 0 Å². The third-order valence-electron chi connectivity index (χ3n) is 2.10. The molecule has 0 saturated heterocycles. The van der Waals surface area contributed by atoms with Crippen molar-refractivity contribution < 1.29 is 4.79 Å². The van der Waals surface area contributed by atoms with E-state index in [9.17, 15) is 4.79 Å². The Kier molecular flexibility index (Phi) is 3.61. The molecule has 6 heteroatoms. The maximum Gasteiger partial charge on any atom is 0.244 e. The predicted molar refractivity (Wildman–Crippen MR) is 68.2 cm³/mol. The molecule has 0 spiro atoms. The predicted octanol–water partition coefficient (Wildman–Crippen LogP) is 2.32. The molecule has 0 aliphatic heterocycles. The molecule has 0 fully saturated rings. The Hall–Kier alpha value is -1.59. The molecule has 0 radical (unpaired) electrons. The molecular formula is C11H10ClN3OS. The van der Waals surface area contributed by atoms with E-state index in [1.54, 1.807) is 40.4 Å². The van der Waals surface area contributed by atoms with Crippen LogP contribution in [0, 0.1) is 5.41 Å². The van der Waals surface area contributed by atoms with Crippen LogP contribution < -0.4 is 10.1 Å². The summed E-state index contributed by atoms with van der Waals surface area (Å²) in [6, 6.07) is 6.96. The highest BCUT2D eigenvalue weighted by atomic mass is 35.5. The summed E-state index contributed by atoms with van der Waals surface area (Å²) in [5.74, 6) is -0.177. The summed E-state index contributed by atoms with van der Waals surface area (Å²) in [6.07, 6.45) is 1.71. The number of carbonyl (C=O) groups is 1. The number of hydrogen-bond donors (Lipinski definition) is 2. The van der Waals surface area contributed by atoms with E-state index in [0.717, 1.165) is 0 Å². The molecule has 88 valence electrons. The first-order chi connectivity index (χ1) is 8.15. The minimum absolute atomic E-state index is 0.134. The summed E-state index contributed by atoms with van der Waals surface area (Å²) in [6.45, 7) is 0.134. The number of hydrogen-bond acceptors (Lipinski definition) is 3. The molecule has 1 aromatic carbocycles. The van der Waals surface area contributed by atoms with Crippen LogP contribution in [0.3, 0.4) is 0 Å². The van der Waals surface area contributed by atoms with Crippen molar-refractivity contribution in [1.82, 2.24) is 4.57 Å². The SMILES string of the molecule is N=c1sccn1CC(=O)Nc1cccc(Cl)c1. The van der Waals surface area contributed by atoms with Gasteiger partial charge in [-0.25, -0.2) is 0 Å². The van der Waals surface area contributed by atoms with Crippen LogP contribution in [0.25, 0.3) is 0 Å². The lowest BCUT2D eigenvalue weighted by molar-refractivity contribution is -0.116. The van der Waals surface area contributed by atoms with Crippen LogP contribution in [-0.2, 0) is 11.3 Å². The average molecular weight is 268 g/mol. The van der Waals surface area contributed by atoms with Gasteiger partial charge in [-0.05, 0) is 18.2 Å². The third kappa shape index (κ3) is 3.18. The van der Waals surface area contributed by atoms with Gasteiger partial charge in [0.2, 0.25) is 5.91 Å². The standard InChI is InChI=1S/C11H10ClN3OS/c12-8-2-1-3-9(6-8)14-10(16)7-15-4-5-17-11(15)13/h1-6,13H,7H2,(H,14,16). The minimum atomic E-state index is -0.177. The minimum Gasteiger partial charge on any atom is -0.324 e. The van der Waals surface area contributed by atoms with Crippen molar-refractivity contribution in [2.45, 2.75) is 6.54 Å². The number of nitrogens with zero attached hydrogens (tertiary/aromatic N) is 1. The van der Waals surface area contributed by atoms with Crippen molar-refractivity contribution >= 4 is 34.5 Å². The second-order valence-corrected chi connectivity index (χ2v) is 4.73. The van der Waals surface area contributed by atoms with Crippen LogP contribution in [-0.4, -0.2) is 10.5 Å². The van der Waals surface area contributed by atoms with Crippen molar-refractivity contribution in [3.05, 3.63) is 45.7 Å². The first-order valence-electron chi connectivity index (χ1n) is 4.89. The number of thiazole rings is 1. The van der Waals surface area contributed by atoms with E-state index in [4.69, 9.17) is 17.0 Å². The molecule has 4 nitrogen and oxygen atoms in total. The first kappa shape index (κ1) is 11.9. The number of nitrogens with one attached hydrogen (secondary N) is 2. The maximum absolute atomic E-state index is 11.7. The summed E-state index contributed by atoms with van der Waals surface area (Å²) < 4.78 is 1.57. The molecule has 0 aliphatic carbocycles. The molecular weight excluding hydrogens is 258 g/mol. The average Bonchev–Trinajstić information content (AvgIpc) is 2.64. The number of benzene rings is 1. The highest BCUT2D eigenvalue weighted by Crippen LogP contribution is 2.14. The Bertz CT molecular complexity index is 590. The van der Waals surface area contributed by atoms with Gasteiger partial charge in [-0.3, -0.25) is 10.2 Å². The van der Waals surface area contributed by atoms with Crippen molar-refractivity contribution in [2.75, 3.05) is 5.32 Å².